The summed E-state index contributed by atoms with van der Waals surface area (Å²) in [4.78, 5) is 31.4. The first-order chi connectivity index (χ1) is 11.4. The summed E-state index contributed by atoms with van der Waals surface area (Å²) in [5, 5.41) is 9.66. The second-order valence-corrected chi connectivity index (χ2v) is 6.77. The van der Waals surface area contributed by atoms with Gasteiger partial charge in [0, 0.05) is 27.2 Å². The van der Waals surface area contributed by atoms with E-state index in [0.29, 0.717) is 23.6 Å². The smallest absolute Gasteiger partial charge is 0.332 e. The van der Waals surface area contributed by atoms with Crippen LogP contribution >= 0.6 is 0 Å². The van der Waals surface area contributed by atoms with E-state index in [4.69, 9.17) is 0 Å². The zero-order valence-electron chi connectivity index (χ0n) is 14.5. The van der Waals surface area contributed by atoms with Crippen molar-refractivity contribution in [2.24, 2.45) is 20.0 Å². The standard InChI is InChI=1S/C16H25N5O3/c1-11(22)12-5-8-20(9-12)6-4-7-21-15(23)13-14(17-10-18(13)2)19(3)16(21)24/h10-12,22H,4-9H2,1-3H3. The lowest BCUT2D eigenvalue weighted by Crippen LogP contribution is -2.40. The summed E-state index contributed by atoms with van der Waals surface area (Å²) in [6.07, 6.45) is 3.00. The Kier molecular flexibility index (Phi) is 4.60. The van der Waals surface area contributed by atoms with Crippen LogP contribution in [0.25, 0.3) is 11.2 Å². The molecule has 1 N–H and O–H groups in total. The molecule has 2 unspecified atom stereocenters. The second kappa shape index (κ2) is 6.52. The van der Waals surface area contributed by atoms with Gasteiger partial charge in [-0.2, -0.15) is 0 Å². The molecule has 0 radical (unpaired) electrons. The Morgan fingerprint density at radius 2 is 2.08 bits per heavy atom. The van der Waals surface area contributed by atoms with Gasteiger partial charge in [-0.25, -0.2) is 9.78 Å². The van der Waals surface area contributed by atoms with Gasteiger partial charge in [0.2, 0.25) is 0 Å². The number of likely N-dealkylation sites (tertiary alicyclic amines) is 1. The predicted molar refractivity (Wildman–Crippen MR) is 91.1 cm³/mol. The molecule has 8 nitrogen and oxygen atoms in total. The summed E-state index contributed by atoms with van der Waals surface area (Å²) < 4.78 is 4.38. The normalized spacial score (nSPS) is 20.1. The molecular formula is C16H25N5O3. The van der Waals surface area contributed by atoms with Crippen LogP contribution in [0.15, 0.2) is 15.9 Å². The number of aromatic nitrogens is 4. The molecule has 3 heterocycles. The number of imidazole rings is 1. The van der Waals surface area contributed by atoms with Crippen LogP contribution in [0.1, 0.15) is 19.8 Å². The summed E-state index contributed by atoms with van der Waals surface area (Å²) in [5.41, 5.74) is 0.265. The Bertz CT molecular complexity index is 848. The monoisotopic (exact) mass is 335 g/mol. The zero-order chi connectivity index (χ0) is 17.4. The summed E-state index contributed by atoms with van der Waals surface area (Å²) in [7, 11) is 3.40. The highest BCUT2D eigenvalue weighted by atomic mass is 16.3. The molecule has 0 aliphatic carbocycles. The highest BCUT2D eigenvalue weighted by molar-refractivity contribution is 5.69. The fourth-order valence-electron chi connectivity index (χ4n) is 3.51. The molecule has 2 atom stereocenters. The minimum atomic E-state index is -0.325. The molecule has 1 saturated heterocycles. The Morgan fingerprint density at radius 1 is 1.33 bits per heavy atom. The lowest BCUT2D eigenvalue weighted by molar-refractivity contribution is 0.127. The van der Waals surface area contributed by atoms with Crippen molar-refractivity contribution in [3.05, 3.63) is 27.2 Å². The van der Waals surface area contributed by atoms with Crippen LogP contribution in [-0.2, 0) is 20.6 Å². The maximum atomic E-state index is 12.6. The van der Waals surface area contributed by atoms with Gasteiger partial charge in [-0.3, -0.25) is 13.9 Å². The minimum absolute atomic E-state index is 0.280. The zero-order valence-corrected chi connectivity index (χ0v) is 14.5. The van der Waals surface area contributed by atoms with Crippen molar-refractivity contribution < 1.29 is 5.11 Å². The number of aryl methyl sites for hydroxylation is 2. The predicted octanol–water partition coefficient (Wildman–Crippen LogP) is -0.473. The van der Waals surface area contributed by atoms with Crippen LogP contribution in [0.4, 0.5) is 0 Å². The third kappa shape index (κ3) is 2.91. The molecule has 0 aromatic carbocycles. The van der Waals surface area contributed by atoms with E-state index in [1.807, 2.05) is 6.92 Å². The summed E-state index contributed by atoms with van der Waals surface area (Å²) in [6, 6.07) is 0. The number of hydrogen-bond donors (Lipinski definition) is 1. The van der Waals surface area contributed by atoms with Crippen molar-refractivity contribution in [2.75, 3.05) is 19.6 Å². The molecule has 0 spiro atoms. The highest BCUT2D eigenvalue weighted by Crippen LogP contribution is 2.19. The van der Waals surface area contributed by atoms with Crippen LogP contribution in [0, 0.1) is 5.92 Å². The molecule has 132 valence electrons. The number of fused-ring (bicyclic) bond motifs is 1. The van der Waals surface area contributed by atoms with Gasteiger partial charge in [0.1, 0.15) is 0 Å². The van der Waals surface area contributed by atoms with Gasteiger partial charge < -0.3 is 14.6 Å². The average Bonchev–Trinajstić information content (AvgIpc) is 3.15. The molecule has 0 amide bonds. The SMILES string of the molecule is CC(O)C1CCN(CCCn2c(=O)c3c(ncn3C)n(C)c2=O)C1. The van der Waals surface area contributed by atoms with Gasteiger partial charge in [0.05, 0.1) is 12.4 Å². The first kappa shape index (κ1) is 16.9. The van der Waals surface area contributed by atoms with Crippen molar-refractivity contribution in [1.82, 2.24) is 23.6 Å². The van der Waals surface area contributed by atoms with E-state index in [1.165, 1.54) is 9.13 Å². The molecule has 2 aromatic heterocycles. The summed E-state index contributed by atoms with van der Waals surface area (Å²) in [6.45, 7) is 4.89. The van der Waals surface area contributed by atoms with Gasteiger partial charge in [0.25, 0.3) is 5.56 Å². The van der Waals surface area contributed by atoms with Crippen molar-refractivity contribution in [1.29, 1.82) is 0 Å². The molecule has 2 aromatic rings. The number of rotatable bonds is 5. The Labute approximate surface area is 139 Å². The lowest BCUT2D eigenvalue weighted by atomic mass is 10.0. The van der Waals surface area contributed by atoms with E-state index in [0.717, 1.165) is 32.5 Å². The molecular weight excluding hydrogens is 310 g/mol. The Morgan fingerprint density at radius 3 is 2.75 bits per heavy atom. The molecule has 1 aliphatic rings. The molecule has 8 heteroatoms. The fraction of sp³-hybridized carbons (Fsp3) is 0.688. The van der Waals surface area contributed by atoms with Crippen LogP contribution in [0.2, 0.25) is 0 Å². The van der Waals surface area contributed by atoms with Gasteiger partial charge in [-0.15, -0.1) is 0 Å². The largest absolute Gasteiger partial charge is 0.393 e. The van der Waals surface area contributed by atoms with E-state index < -0.39 is 0 Å². The fourth-order valence-corrected chi connectivity index (χ4v) is 3.51. The minimum Gasteiger partial charge on any atom is -0.393 e. The van der Waals surface area contributed by atoms with Gasteiger partial charge >= 0.3 is 5.69 Å². The summed E-state index contributed by atoms with van der Waals surface area (Å²) >= 11 is 0. The van der Waals surface area contributed by atoms with Crippen LogP contribution in [0.3, 0.4) is 0 Å². The second-order valence-electron chi connectivity index (χ2n) is 6.77. The van der Waals surface area contributed by atoms with E-state index >= 15 is 0 Å². The van der Waals surface area contributed by atoms with Crippen LogP contribution < -0.4 is 11.2 Å². The van der Waals surface area contributed by atoms with Gasteiger partial charge in [0.15, 0.2) is 11.2 Å². The van der Waals surface area contributed by atoms with Crippen molar-refractivity contribution in [3.8, 4) is 0 Å². The van der Waals surface area contributed by atoms with E-state index in [9.17, 15) is 14.7 Å². The van der Waals surface area contributed by atoms with Crippen LogP contribution in [-0.4, -0.2) is 54.4 Å². The maximum Gasteiger partial charge on any atom is 0.332 e. The number of aliphatic hydroxyl groups excluding tert-OH is 1. The van der Waals surface area contributed by atoms with E-state index in [2.05, 4.69) is 9.88 Å². The molecule has 0 saturated carbocycles. The van der Waals surface area contributed by atoms with E-state index in [1.54, 1.807) is 25.0 Å². The molecule has 3 rings (SSSR count). The quantitative estimate of drug-likeness (QED) is 0.798. The summed E-state index contributed by atoms with van der Waals surface area (Å²) in [5.74, 6) is 0.325. The third-order valence-corrected chi connectivity index (χ3v) is 5.05. The molecule has 1 fully saturated rings. The lowest BCUT2D eigenvalue weighted by Gasteiger charge is -2.17. The van der Waals surface area contributed by atoms with Crippen molar-refractivity contribution >= 4 is 11.2 Å². The molecule has 24 heavy (non-hydrogen) atoms. The number of nitrogens with zero attached hydrogens (tertiary/aromatic N) is 5. The van der Waals surface area contributed by atoms with E-state index in [-0.39, 0.29) is 17.4 Å². The Balaban J connectivity index is 1.73. The number of aliphatic hydroxyl groups is 1. The first-order valence-electron chi connectivity index (χ1n) is 8.41. The molecule has 0 bridgehead atoms. The Hall–Kier alpha value is -1.93. The van der Waals surface area contributed by atoms with Crippen molar-refractivity contribution in [2.45, 2.75) is 32.4 Å². The van der Waals surface area contributed by atoms with Gasteiger partial charge in [-0.05, 0) is 38.8 Å². The van der Waals surface area contributed by atoms with Crippen LogP contribution in [0.5, 0.6) is 0 Å². The highest BCUT2D eigenvalue weighted by Gasteiger charge is 2.25. The van der Waals surface area contributed by atoms with Gasteiger partial charge in [-0.1, -0.05) is 0 Å². The number of hydrogen-bond acceptors (Lipinski definition) is 5. The van der Waals surface area contributed by atoms with Crippen molar-refractivity contribution in [3.63, 3.8) is 0 Å². The average molecular weight is 335 g/mol. The maximum absolute atomic E-state index is 12.6. The third-order valence-electron chi connectivity index (χ3n) is 5.05. The first-order valence-corrected chi connectivity index (χ1v) is 8.41. The topological polar surface area (TPSA) is 85.3 Å². The molecule has 1 aliphatic heterocycles.